The van der Waals surface area contributed by atoms with Gasteiger partial charge in [0.15, 0.2) is 5.11 Å². The van der Waals surface area contributed by atoms with Crippen LogP contribution in [-0.2, 0) is 11.2 Å². The van der Waals surface area contributed by atoms with Crippen molar-refractivity contribution in [3.8, 4) is 0 Å². The van der Waals surface area contributed by atoms with Crippen molar-refractivity contribution in [3.05, 3.63) is 63.7 Å². The van der Waals surface area contributed by atoms with Crippen LogP contribution in [0.2, 0.25) is 0 Å². The number of nitro benzene ring substituents is 1. The Balaban J connectivity index is 1.68. The average Bonchev–Trinajstić information content (AvgIpc) is 2.74. The van der Waals surface area contributed by atoms with Crippen LogP contribution < -0.4 is 15.5 Å². The van der Waals surface area contributed by atoms with Gasteiger partial charge in [-0.05, 0) is 48.5 Å². The van der Waals surface area contributed by atoms with Gasteiger partial charge in [0.1, 0.15) is 5.69 Å². The van der Waals surface area contributed by atoms with Crippen molar-refractivity contribution < 1.29 is 14.5 Å². The summed E-state index contributed by atoms with van der Waals surface area (Å²) in [6, 6.07) is 12.0. The van der Waals surface area contributed by atoms with Crippen molar-refractivity contribution in [1.29, 1.82) is 0 Å². The van der Waals surface area contributed by atoms with E-state index in [1.807, 2.05) is 24.0 Å². The third-order valence-electron chi connectivity index (χ3n) is 4.63. The number of hydrogen-bond acceptors (Lipinski definition) is 6. The molecule has 1 aliphatic rings. The predicted octanol–water partition coefficient (Wildman–Crippen LogP) is 3.12. The first-order valence-electron chi connectivity index (χ1n) is 9.30. The highest BCUT2D eigenvalue weighted by Gasteiger charge is 2.22. The number of rotatable bonds is 5. The molecule has 1 heterocycles. The Labute approximate surface area is 174 Å². The van der Waals surface area contributed by atoms with Crippen molar-refractivity contribution in [2.24, 2.45) is 0 Å². The van der Waals surface area contributed by atoms with E-state index in [4.69, 9.17) is 17.0 Å². The van der Waals surface area contributed by atoms with E-state index in [0.29, 0.717) is 43.2 Å². The molecule has 0 spiro atoms. The number of hydrogen-bond donors (Lipinski definition) is 2. The van der Waals surface area contributed by atoms with Gasteiger partial charge in [0.25, 0.3) is 11.6 Å². The van der Waals surface area contributed by atoms with Crippen LogP contribution in [0.25, 0.3) is 0 Å². The Bertz CT molecular complexity index is 911. The molecule has 0 radical (unpaired) electrons. The van der Waals surface area contributed by atoms with E-state index >= 15 is 0 Å². The molecule has 2 aromatic rings. The second-order valence-corrected chi connectivity index (χ2v) is 6.93. The van der Waals surface area contributed by atoms with Gasteiger partial charge in [-0.1, -0.05) is 19.1 Å². The molecule has 9 heteroatoms. The standard InChI is InChI=1S/C20H22N4O4S/c1-2-14-3-5-15(6-4-14)19(25)22-20(29)21-16-7-8-17(18(13-16)24(26)27)23-9-11-28-12-10-23/h3-8,13H,2,9-12H2,1H3,(H2,21,22,25,29). The Kier molecular flexibility index (Phi) is 6.73. The molecular formula is C20H22N4O4S. The molecule has 2 aromatic carbocycles. The lowest BCUT2D eigenvalue weighted by Gasteiger charge is -2.28. The topological polar surface area (TPSA) is 96.7 Å². The van der Waals surface area contributed by atoms with Gasteiger partial charge in [0, 0.05) is 30.4 Å². The van der Waals surface area contributed by atoms with Gasteiger partial charge in [-0.15, -0.1) is 0 Å². The Hall–Kier alpha value is -3.04. The van der Waals surface area contributed by atoms with Crippen LogP contribution in [0, 0.1) is 10.1 Å². The van der Waals surface area contributed by atoms with Crippen molar-refractivity contribution in [3.63, 3.8) is 0 Å². The number of ether oxygens (including phenoxy) is 1. The monoisotopic (exact) mass is 414 g/mol. The fourth-order valence-corrected chi connectivity index (χ4v) is 3.26. The van der Waals surface area contributed by atoms with Crippen molar-refractivity contribution >= 4 is 40.3 Å². The molecule has 3 rings (SSSR count). The molecule has 1 amide bonds. The van der Waals surface area contributed by atoms with E-state index in [9.17, 15) is 14.9 Å². The number of nitrogens with one attached hydrogen (secondary N) is 2. The number of nitro groups is 1. The lowest BCUT2D eigenvalue weighted by Crippen LogP contribution is -2.36. The number of carbonyl (C=O) groups excluding carboxylic acids is 1. The molecule has 0 bridgehead atoms. The van der Waals surface area contributed by atoms with Crippen LogP contribution in [-0.4, -0.2) is 42.2 Å². The lowest BCUT2D eigenvalue weighted by molar-refractivity contribution is -0.384. The molecule has 0 aliphatic carbocycles. The van der Waals surface area contributed by atoms with E-state index in [-0.39, 0.29) is 16.7 Å². The van der Waals surface area contributed by atoms with Gasteiger partial charge in [-0.25, -0.2) is 0 Å². The third kappa shape index (κ3) is 5.27. The molecule has 2 N–H and O–H groups in total. The van der Waals surface area contributed by atoms with E-state index in [2.05, 4.69) is 10.6 Å². The highest BCUT2D eigenvalue weighted by atomic mass is 32.1. The first-order chi connectivity index (χ1) is 14.0. The smallest absolute Gasteiger partial charge is 0.294 e. The molecule has 0 unspecified atom stereocenters. The maximum atomic E-state index is 12.3. The molecule has 1 aliphatic heterocycles. The fourth-order valence-electron chi connectivity index (χ4n) is 3.05. The predicted molar refractivity (Wildman–Crippen MR) is 116 cm³/mol. The summed E-state index contributed by atoms with van der Waals surface area (Å²) in [5.74, 6) is -0.343. The normalized spacial score (nSPS) is 13.6. The number of amides is 1. The summed E-state index contributed by atoms with van der Waals surface area (Å²) in [7, 11) is 0. The Morgan fingerprint density at radius 3 is 2.52 bits per heavy atom. The maximum absolute atomic E-state index is 12.3. The third-order valence-corrected chi connectivity index (χ3v) is 4.84. The molecule has 0 atom stereocenters. The van der Waals surface area contributed by atoms with E-state index in [1.165, 1.54) is 6.07 Å². The van der Waals surface area contributed by atoms with Crippen LogP contribution >= 0.6 is 12.2 Å². The van der Waals surface area contributed by atoms with Crippen LogP contribution in [0.4, 0.5) is 17.1 Å². The zero-order valence-corrected chi connectivity index (χ0v) is 16.8. The minimum atomic E-state index is -0.424. The number of nitrogens with zero attached hydrogens (tertiary/aromatic N) is 2. The second kappa shape index (κ2) is 9.44. The minimum absolute atomic E-state index is 0.0267. The maximum Gasteiger partial charge on any atom is 0.294 e. The summed E-state index contributed by atoms with van der Waals surface area (Å²) >= 11 is 5.19. The molecule has 152 valence electrons. The highest BCUT2D eigenvalue weighted by Crippen LogP contribution is 2.31. The second-order valence-electron chi connectivity index (χ2n) is 6.52. The average molecular weight is 414 g/mol. The Morgan fingerprint density at radius 1 is 1.21 bits per heavy atom. The fraction of sp³-hybridized carbons (Fsp3) is 0.300. The van der Waals surface area contributed by atoms with Gasteiger partial charge < -0.3 is 15.0 Å². The minimum Gasteiger partial charge on any atom is -0.378 e. The largest absolute Gasteiger partial charge is 0.378 e. The quantitative estimate of drug-likeness (QED) is 0.441. The van der Waals surface area contributed by atoms with E-state index < -0.39 is 4.92 Å². The SMILES string of the molecule is CCc1ccc(C(=O)NC(=S)Nc2ccc(N3CCOCC3)c([N+](=O)[O-])c2)cc1. The number of benzene rings is 2. The molecule has 0 aromatic heterocycles. The van der Waals surface area contributed by atoms with Crippen LogP contribution in [0.3, 0.4) is 0 Å². The molecule has 0 saturated carbocycles. The van der Waals surface area contributed by atoms with Gasteiger partial charge in [0.05, 0.1) is 18.1 Å². The number of carbonyl (C=O) groups is 1. The zero-order chi connectivity index (χ0) is 20.8. The summed E-state index contributed by atoms with van der Waals surface area (Å²) in [5, 5.41) is 17.0. The summed E-state index contributed by atoms with van der Waals surface area (Å²) in [5.41, 5.74) is 2.56. The van der Waals surface area contributed by atoms with Gasteiger partial charge in [-0.3, -0.25) is 20.2 Å². The number of thiocarbonyl (C=S) groups is 1. The Morgan fingerprint density at radius 2 is 1.90 bits per heavy atom. The lowest BCUT2D eigenvalue weighted by atomic mass is 10.1. The first-order valence-corrected chi connectivity index (χ1v) is 9.71. The first kappa shape index (κ1) is 20.7. The zero-order valence-electron chi connectivity index (χ0n) is 16.0. The van der Waals surface area contributed by atoms with E-state index in [0.717, 1.165) is 12.0 Å². The molecule has 1 saturated heterocycles. The molecule has 1 fully saturated rings. The molecule has 8 nitrogen and oxygen atoms in total. The number of anilines is 2. The van der Waals surface area contributed by atoms with Crippen molar-refractivity contribution in [2.75, 3.05) is 36.5 Å². The summed E-state index contributed by atoms with van der Waals surface area (Å²) < 4.78 is 5.30. The van der Waals surface area contributed by atoms with Gasteiger partial charge in [-0.2, -0.15) is 0 Å². The van der Waals surface area contributed by atoms with Crippen molar-refractivity contribution in [1.82, 2.24) is 5.32 Å². The van der Waals surface area contributed by atoms with E-state index in [1.54, 1.807) is 24.3 Å². The summed E-state index contributed by atoms with van der Waals surface area (Å²) in [6.45, 7) is 4.30. The molecular weight excluding hydrogens is 392 g/mol. The highest BCUT2D eigenvalue weighted by molar-refractivity contribution is 7.80. The van der Waals surface area contributed by atoms with Gasteiger partial charge >= 0.3 is 0 Å². The summed E-state index contributed by atoms with van der Waals surface area (Å²) in [4.78, 5) is 25.3. The number of morpholine rings is 1. The molecule has 29 heavy (non-hydrogen) atoms. The van der Waals surface area contributed by atoms with Crippen LogP contribution in [0.5, 0.6) is 0 Å². The number of aryl methyl sites for hydroxylation is 1. The van der Waals surface area contributed by atoms with Crippen molar-refractivity contribution in [2.45, 2.75) is 13.3 Å². The van der Waals surface area contributed by atoms with Crippen LogP contribution in [0.15, 0.2) is 42.5 Å². The van der Waals surface area contributed by atoms with Crippen LogP contribution in [0.1, 0.15) is 22.8 Å². The summed E-state index contributed by atoms with van der Waals surface area (Å²) in [6.07, 6.45) is 0.890. The van der Waals surface area contributed by atoms with Gasteiger partial charge in [0.2, 0.25) is 0 Å².